The number of nitrogens with zero attached hydrogens (tertiary/aromatic N) is 2. The molecule has 0 saturated heterocycles. The molecule has 0 aliphatic carbocycles. The smallest absolute Gasteiger partial charge is 0.134 e. The number of fused-ring (bicyclic) bond motifs is 1. The molecule has 1 aromatic heterocycles. The summed E-state index contributed by atoms with van der Waals surface area (Å²) >= 11 is 1.59. The highest BCUT2D eigenvalue weighted by Crippen LogP contribution is 2.27. The molecule has 1 aliphatic rings. The van der Waals surface area contributed by atoms with E-state index in [1.165, 1.54) is 5.69 Å². The number of rotatable bonds is 0. The molecule has 1 aliphatic heterocycles. The van der Waals surface area contributed by atoms with Crippen molar-refractivity contribution in [2.24, 2.45) is 0 Å². The predicted molar refractivity (Wildman–Crippen MR) is 46.5 cm³/mol. The highest BCUT2D eigenvalue weighted by Gasteiger charge is 2.12. The van der Waals surface area contributed by atoms with E-state index in [1.54, 1.807) is 11.9 Å². The third kappa shape index (κ3) is 1.19. The number of hydrogen-bond donors (Lipinski definition) is 1. The number of nitrogens with one attached hydrogen (secondary N) is 1. The van der Waals surface area contributed by atoms with Gasteiger partial charge in [0.05, 0.1) is 12.4 Å². The van der Waals surface area contributed by atoms with Crippen molar-refractivity contribution in [3.8, 4) is 0 Å². The van der Waals surface area contributed by atoms with E-state index in [1.807, 2.05) is 19.3 Å². The number of pyridine rings is 1. The van der Waals surface area contributed by atoms with Gasteiger partial charge in [-0.25, -0.2) is 9.71 Å². The molecular weight excluding hydrogens is 158 g/mol. The van der Waals surface area contributed by atoms with Crippen LogP contribution in [-0.4, -0.2) is 18.7 Å². The minimum absolute atomic E-state index is 0.878. The second-order valence-corrected chi connectivity index (χ2v) is 3.31. The summed E-state index contributed by atoms with van der Waals surface area (Å²) in [6.45, 7) is 0.878. The molecule has 2 heterocycles. The maximum absolute atomic E-state index is 4.23. The first-order valence-electron chi connectivity index (χ1n) is 3.44. The van der Waals surface area contributed by atoms with Crippen LogP contribution in [0.15, 0.2) is 23.4 Å². The van der Waals surface area contributed by atoms with Crippen LogP contribution in [0.3, 0.4) is 0 Å². The second kappa shape index (κ2) is 2.71. The van der Waals surface area contributed by atoms with Gasteiger partial charge in [0, 0.05) is 13.2 Å². The molecular formula is C7H9N3S. The van der Waals surface area contributed by atoms with Crippen LogP contribution in [0.1, 0.15) is 0 Å². The Morgan fingerprint density at radius 2 is 2.64 bits per heavy atom. The SMILES string of the molecule is CN1CNSc2ncccc21. The van der Waals surface area contributed by atoms with Crippen molar-refractivity contribution in [3.63, 3.8) is 0 Å². The van der Waals surface area contributed by atoms with Crippen molar-refractivity contribution in [3.05, 3.63) is 18.3 Å². The van der Waals surface area contributed by atoms with Crippen LogP contribution in [0.2, 0.25) is 0 Å². The van der Waals surface area contributed by atoms with E-state index in [4.69, 9.17) is 0 Å². The fraction of sp³-hybridized carbons (Fsp3) is 0.286. The van der Waals surface area contributed by atoms with Gasteiger partial charge in [0.15, 0.2) is 0 Å². The Morgan fingerprint density at radius 3 is 3.45 bits per heavy atom. The Hall–Kier alpha value is -0.740. The van der Waals surface area contributed by atoms with Crippen LogP contribution in [0.5, 0.6) is 0 Å². The first-order chi connectivity index (χ1) is 5.38. The van der Waals surface area contributed by atoms with Crippen LogP contribution < -0.4 is 9.62 Å². The van der Waals surface area contributed by atoms with Gasteiger partial charge in [-0.05, 0) is 24.1 Å². The van der Waals surface area contributed by atoms with Gasteiger partial charge in [-0.1, -0.05) is 0 Å². The summed E-state index contributed by atoms with van der Waals surface area (Å²) in [5, 5.41) is 1.06. The lowest BCUT2D eigenvalue weighted by Crippen LogP contribution is -2.31. The third-order valence-electron chi connectivity index (χ3n) is 1.63. The van der Waals surface area contributed by atoms with Crippen molar-refractivity contribution >= 4 is 17.6 Å². The molecule has 0 unspecified atom stereocenters. The standard InChI is InChI=1S/C7H9N3S/c1-10-5-9-11-7-6(10)3-2-4-8-7/h2-4,9H,5H2,1H3. The predicted octanol–water partition coefficient (Wildman–Crippen LogP) is 1.09. The maximum atomic E-state index is 4.23. The molecule has 4 heteroatoms. The normalized spacial score (nSPS) is 16.3. The average molecular weight is 167 g/mol. The molecule has 1 N–H and O–H groups in total. The van der Waals surface area contributed by atoms with E-state index >= 15 is 0 Å². The fourth-order valence-corrected chi connectivity index (χ4v) is 1.87. The quantitative estimate of drug-likeness (QED) is 0.585. The lowest BCUT2D eigenvalue weighted by atomic mass is 10.4. The Labute approximate surface area is 69.9 Å². The van der Waals surface area contributed by atoms with Crippen LogP contribution in [0.25, 0.3) is 0 Å². The highest BCUT2D eigenvalue weighted by molar-refractivity contribution is 7.97. The van der Waals surface area contributed by atoms with Gasteiger partial charge in [-0.15, -0.1) is 0 Å². The van der Waals surface area contributed by atoms with Crippen molar-refractivity contribution in [2.75, 3.05) is 18.6 Å². The second-order valence-electron chi connectivity index (χ2n) is 2.43. The zero-order chi connectivity index (χ0) is 7.68. The Balaban J connectivity index is 2.44. The maximum Gasteiger partial charge on any atom is 0.134 e. The van der Waals surface area contributed by atoms with Crippen molar-refractivity contribution in [2.45, 2.75) is 5.03 Å². The van der Waals surface area contributed by atoms with Crippen LogP contribution >= 0.6 is 11.9 Å². The summed E-state index contributed by atoms with van der Waals surface area (Å²) in [6.07, 6.45) is 1.81. The number of aromatic nitrogens is 1. The number of anilines is 1. The van der Waals surface area contributed by atoms with E-state index in [2.05, 4.69) is 20.7 Å². The number of hydrogen-bond acceptors (Lipinski definition) is 4. The molecule has 0 atom stereocenters. The van der Waals surface area contributed by atoms with Gasteiger partial charge in [0.1, 0.15) is 5.03 Å². The zero-order valence-electron chi connectivity index (χ0n) is 6.24. The first-order valence-corrected chi connectivity index (χ1v) is 4.25. The van der Waals surface area contributed by atoms with Gasteiger partial charge < -0.3 is 4.90 Å². The van der Waals surface area contributed by atoms with Gasteiger partial charge >= 0.3 is 0 Å². The summed E-state index contributed by atoms with van der Waals surface area (Å²) in [6, 6.07) is 4.04. The summed E-state index contributed by atoms with van der Waals surface area (Å²) in [5.74, 6) is 0. The minimum Gasteiger partial charge on any atom is -0.359 e. The zero-order valence-corrected chi connectivity index (χ0v) is 7.06. The molecule has 0 aromatic carbocycles. The van der Waals surface area contributed by atoms with Crippen molar-refractivity contribution in [1.29, 1.82) is 0 Å². The largest absolute Gasteiger partial charge is 0.359 e. The molecule has 58 valence electrons. The van der Waals surface area contributed by atoms with E-state index in [0.29, 0.717) is 0 Å². The van der Waals surface area contributed by atoms with E-state index in [0.717, 1.165) is 11.7 Å². The van der Waals surface area contributed by atoms with Gasteiger partial charge in [0.25, 0.3) is 0 Å². The monoisotopic (exact) mass is 167 g/mol. The van der Waals surface area contributed by atoms with Crippen LogP contribution in [-0.2, 0) is 0 Å². The van der Waals surface area contributed by atoms with Crippen molar-refractivity contribution < 1.29 is 0 Å². The minimum atomic E-state index is 0.878. The Morgan fingerprint density at radius 1 is 1.73 bits per heavy atom. The molecule has 0 fully saturated rings. The lowest BCUT2D eigenvalue weighted by molar-refractivity contribution is 0.833. The molecule has 0 spiro atoms. The molecule has 0 amide bonds. The molecule has 11 heavy (non-hydrogen) atoms. The highest BCUT2D eigenvalue weighted by atomic mass is 32.2. The molecule has 0 radical (unpaired) electrons. The third-order valence-corrected chi connectivity index (χ3v) is 2.41. The first kappa shape index (κ1) is 6.94. The summed E-state index contributed by atoms with van der Waals surface area (Å²) in [7, 11) is 2.05. The van der Waals surface area contributed by atoms with Crippen LogP contribution in [0.4, 0.5) is 5.69 Å². The molecule has 0 saturated carbocycles. The molecule has 0 bridgehead atoms. The van der Waals surface area contributed by atoms with Crippen molar-refractivity contribution in [1.82, 2.24) is 9.71 Å². The summed E-state index contributed by atoms with van der Waals surface area (Å²) in [4.78, 5) is 6.37. The lowest BCUT2D eigenvalue weighted by Gasteiger charge is -2.25. The van der Waals surface area contributed by atoms with E-state index in [9.17, 15) is 0 Å². The van der Waals surface area contributed by atoms with Crippen LogP contribution in [0, 0.1) is 0 Å². The van der Waals surface area contributed by atoms with E-state index < -0.39 is 0 Å². The average Bonchev–Trinajstić information content (AvgIpc) is 2.06. The fourth-order valence-electron chi connectivity index (χ4n) is 1.03. The molecule has 3 nitrogen and oxygen atoms in total. The molecule has 2 rings (SSSR count). The Bertz CT molecular complexity index is 264. The van der Waals surface area contributed by atoms with Gasteiger partial charge in [-0.2, -0.15) is 0 Å². The summed E-state index contributed by atoms with van der Waals surface area (Å²) < 4.78 is 3.17. The summed E-state index contributed by atoms with van der Waals surface area (Å²) in [5.41, 5.74) is 1.20. The van der Waals surface area contributed by atoms with Gasteiger partial charge in [0.2, 0.25) is 0 Å². The molecule has 1 aromatic rings. The Kier molecular flexibility index (Phi) is 1.71. The van der Waals surface area contributed by atoms with Gasteiger partial charge in [-0.3, -0.25) is 0 Å². The topological polar surface area (TPSA) is 28.2 Å². The van der Waals surface area contributed by atoms with E-state index in [-0.39, 0.29) is 0 Å².